The van der Waals surface area contributed by atoms with Crippen LogP contribution in [-0.2, 0) is 4.79 Å². The van der Waals surface area contributed by atoms with Crippen LogP contribution in [0.1, 0.15) is 55.3 Å². The van der Waals surface area contributed by atoms with E-state index >= 15 is 0 Å². The fourth-order valence-electron chi connectivity index (χ4n) is 4.23. The van der Waals surface area contributed by atoms with Crippen molar-refractivity contribution < 1.29 is 29.0 Å². The first-order valence-corrected chi connectivity index (χ1v) is 11.7. The fraction of sp³-hybridized carbons (Fsp3) is 0.308. The lowest BCUT2D eigenvalue weighted by Gasteiger charge is -2.27. The van der Waals surface area contributed by atoms with Crippen LogP contribution in [0, 0.1) is 0 Å². The van der Waals surface area contributed by atoms with E-state index in [2.05, 4.69) is 6.92 Å². The van der Waals surface area contributed by atoms with Gasteiger partial charge in [0.15, 0.2) is 23.0 Å². The number of phenols is 1. The van der Waals surface area contributed by atoms with Crippen molar-refractivity contribution in [1.82, 2.24) is 4.90 Å². The number of unbranched alkanes of at least 4 members (excludes halogenated alkanes) is 2. The van der Waals surface area contributed by atoms with Gasteiger partial charge in [0.25, 0.3) is 5.91 Å². The van der Waals surface area contributed by atoms with E-state index in [4.69, 9.17) is 20.8 Å². The molecule has 0 bridgehead atoms. The Morgan fingerprint density at radius 1 is 1.12 bits per heavy atom. The second-order valence-corrected chi connectivity index (χ2v) is 8.59. The molecule has 1 unspecified atom stereocenters. The fourth-order valence-corrected chi connectivity index (χ4v) is 4.41. The lowest BCUT2D eigenvalue weighted by Crippen LogP contribution is -2.32. The smallest absolute Gasteiger partial charge is 0.290 e. The summed E-state index contributed by atoms with van der Waals surface area (Å²) in [7, 11) is 0. The van der Waals surface area contributed by atoms with Crippen LogP contribution in [0.25, 0.3) is 11.0 Å². The topological polar surface area (TPSA) is 100 Å². The SMILES string of the molecule is CCCCCN1C(=O)C(O)=C(C(=O)c2cc3cc(Cl)ccc3o2)C1c1ccc(O)c(OCC)c1. The van der Waals surface area contributed by atoms with Gasteiger partial charge in [-0.2, -0.15) is 0 Å². The molecule has 1 amide bonds. The number of furan rings is 1. The number of rotatable bonds is 9. The summed E-state index contributed by atoms with van der Waals surface area (Å²) in [5.74, 6) is -1.63. The van der Waals surface area contributed by atoms with Crippen molar-refractivity contribution in [2.45, 2.75) is 39.2 Å². The lowest BCUT2D eigenvalue weighted by molar-refractivity contribution is -0.129. The predicted octanol–water partition coefficient (Wildman–Crippen LogP) is 5.96. The number of halogens is 1. The molecule has 2 aromatic carbocycles. The molecule has 1 atom stereocenters. The van der Waals surface area contributed by atoms with Gasteiger partial charge in [-0.25, -0.2) is 0 Å². The summed E-state index contributed by atoms with van der Waals surface area (Å²) >= 11 is 6.05. The number of aliphatic hydroxyl groups excluding tert-OH is 1. The quantitative estimate of drug-likeness (QED) is 0.288. The van der Waals surface area contributed by atoms with Gasteiger partial charge in [-0.05, 0) is 55.3 Å². The molecule has 178 valence electrons. The minimum Gasteiger partial charge on any atom is -0.504 e. The first-order valence-electron chi connectivity index (χ1n) is 11.3. The van der Waals surface area contributed by atoms with Gasteiger partial charge in [-0.1, -0.05) is 37.4 Å². The molecule has 1 aliphatic rings. The second kappa shape index (κ2) is 9.81. The Labute approximate surface area is 202 Å². The maximum absolute atomic E-state index is 13.6. The van der Waals surface area contributed by atoms with Gasteiger partial charge in [0, 0.05) is 17.0 Å². The number of Topliss-reactive ketones (excluding diaryl/α,β-unsaturated/α-hetero) is 1. The lowest BCUT2D eigenvalue weighted by atomic mass is 9.94. The van der Waals surface area contributed by atoms with E-state index in [0.29, 0.717) is 41.1 Å². The highest BCUT2D eigenvalue weighted by molar-refractivity contribution is 6.31. The first-order chi connectivity index (χ1) is 16.3. The molecule has 8 heteroatoms. The standard InChI is InChI=1S/C26H26ClNO6/c1-3-5-6-11-28-23(15-7-9-18(29)20(13-15)33-4-2)22(25(31)26(28)32)24(30)21-14-16-12-17(27)8-10-19(16)34-21/h7-10,12-14,23,29,31H,3-6,11H2,1-2H3. The van der Waals surface area contributed by atoms with E-state index in [-0.39, 0.29) is 22.8 Å². The summed E-state index contributed by atoms with van der Waals surface area (Å²) in [6.07, 6.45) is 2.56. The zero-order valence-electron chi connectivity index (χ0n) is 19.0. The summed E-state index contributed by atoms with van der Waals surface area (Å²) in [5, 5.41) is 22.1. The molecule has 3 aromatic rings. The van der Waals surface area contributed by atoms with Gasteiger partial charge in [-0.3, -0.25) is 9.59 Å². The molecular formula is C26H26ClNO6. The molecule has 34 heavy (non-hydrogen) atoms. The molecule has 1 aliphatic heterocycles. The van der Waals surface area contributed by atoms with E-state index < -0.39 is 23.5 Å². The van der Waals surface area contributed by atoms with E-state index in [1.807, 2.05) is 0 Å². The minimum absolute atomic E-state index is 0.00386. The van der Waals surface area contributed by atoms with Gasteiger partial charge in [-0.15, -0.1) is 0 Å². The number of aliphatic hydroxyl groups is 1. The highest BCUT2D eigenvalue weighted by Crippen LogP contribution is 2.42. The number of hydrogen-bond acceptors (Lipinski definition) is 6. The van der Waals surface area contributed by atoms with Crippen molar-refractivity contribution in [2.24, 2.45) is 0 Å². The number of ether oxygens (including phenoxy) is 1. The van der Waals surface area contributed by atoms with Gasteiger partial charge >= 0.3 is 0 Å². The largest absolute Gasteiger partial charge is 0.504 e. The van der Waals surface area contributed by atoms with E-state index in [9.17, 15) is 19.8 Å². The average molecular weight is 484 g/mol. The third kappa shape index (κ3) is 4.35. The normalized spacial score (nSPS) is 16.0. The number of aromatic hydroxyl groups is 1. The third-order valence-electron chi connectivity index (χ3n) is 5.85. The maximum Gasteiger partial charge on any atom is 0.290 e. The Morgan fingerprint density at radius 2 is 1.91 bits per heavy atom. The molecule has 0 radical (unpaired) electrons. The summed E-state index contributed by atoms with van der Waals surface area (Å²) in [6, 6.07) is 10.3. The average Bonchev–Trinajstić information content (AvgIpc) is 3.34. The van der Waals surface area contributed by atoms with Crippen LogP contribution in [0.15, 0.2) is 58.2 Å². The molecule has 0 fully saturated rings. The number of fused-ring (bicyclic) bond motifs is 1. The molecule has 0 saturated carbocycles. The second-order valence-electron chi connectivity index (χ2n) is 8.15. The van der Waals surface area contributed by atoms with Crippen LogP contribution >= 0.6 is 11.6 Å². The van der Waals surface area contributed by atoms with Crippen molar-refractivity contribution in [3.63, 3.8) is 0 Å². The molecule has 1 aromatic heterocycles. The van der Waals surface area contributed by atoms with E-state index in [0.717, 1.165) is 12.8 Å². The molecule has 4 rings (SSSR count). The van der Waals surface area contributed by atoms with Gasteiger partial charge in [0.05, 0.1) is 18.2 Å². The highest BCUT2D eigenvalue weighted by atomic mass is 35.5. The number of carbonyl (C=O) groups is 2. The van der Waals surface area contributed by atoms with Crippen LogP contribution in [-0.4, -0.2) is 40.0 Å². The minimum atomic E-state index is -0.853. The molecule has 2 heterocycles. The van der Waals surface area contributed by atoms with E-state index in [1.165, 1.54) is 11.0 Å². The summed E-state index contributed by atoms with van der Waals surface area (Å²) in [5.41, 5.74) is 0.939. The molecule has 0 saturated heterocycles. The van der Waals surface area contributed by atoms with Crippen molar-refractivity contribution in [3.05, 3.63) is 70.1 Å². The first kappa shape index (κ1) is 23.7. The van der Waals surface area contributed by atoms with Crippen molar-refractivity contribution in [2.75, 3.05) is 13.2 Å². The van der Waals surface area contributed by atoms with Crippen molar-refractivity contribution in [3.8, 4) is 11.5 Å². The Kier molecular flexibility index (Phi) is 6.84. The van der Waals surface area contributed by atoms with Crippen LogP contribution in [0.5, 0.6) is 11.5 Å². The monoisotopic (exact) mass is 483 g/mol. The van der Waals surface area contributed by atoms with Crippen molar-refractivity contribution in [1.29, 1.82) is 0 Å². The van der Waals surface area contributed by atoms with Gasteiger partial charge in [0.1, 0.15) is 5.58 Å². The number of amides is 1. The summed E-state index contributed by atoms with van der Waals surface area (Å²) < 4.78 is 11.2. The Bertz CT molecular complexity index is 1280. The van der Waals surface area contributed by atoms with Crippen LogP contribution in [0.4, 0.5) is 0 Å². The molecule has 0 spiro atoms. The molecular weight excluding hydrogens is 458 g/mol. The Hall–Kier alpha value is -3.45. The summed E-state index contributed by atoms with van der Waals surface area (Å²) in [4.78, 5) is 28.1. The molecule has 0 aliphatic carbocycles. The number of hydrogen-bond donors (Lipinski definition) is 2. The van der Waals surface area contributed by atoms with Gasteiger partial charge < -0.3 is 24.3 Å². The Morgan fingerprint density at radius 3 is 2.65 bits per heavy atom. The number of carbonyl (C=O) groups excluding carboxylic acids is 2. The highest BCUT2D eigenvalue weighted by Gasteiger charge is 2.44. The molecule has 7 nitrogen and oxygen atoms in total. The predicted molar refractivity (Wildman–Crippen MR) is 128 cm³/mol. The zero-order valence-corrected chi connectivity index (χ0v) is 19.8. The molecule has 2 N–H and O–H groups in total. The van der Waals surface area contributed by atoms with Crippen LogP contribution in [0.3, 0.4) is 0 Å². The van der Waals surface area contributed by atoms with Gasteiger partial charge in [0.2, 0.25) is 5.78 Å². The van der Waals surface area contributed by atoms with Crippen LogP contribution < -0.4 is 4.74 Å². The van der Waals surface area contributed by atoms with E-state index in [1.54, 1.807) is 43.3 Å². The number of benzene rings is 2. The number of phenolic OH excluding ortho intramolecular Hbond substituents is 1. The third-order valence-corrected chi connectivity index (χ3v) is 6.09. The zero-order chi connectivity index (χ0) is 24.4. The maximum atomic E-state index is 13.6. The summed E-state index contributed by atoms with van der Waals surface area (Å²) in [6.45, 7) is 4.53. The number of ketones is 1. The van der Waals surface area contributed by atoms with Crippen LogP contribution in [0.2, 0.25) is 5.02 Å². The Balaban J connectivity index is 1.79. The number of nitrogens with zero attached hydrogens (tertiary/aromatic N) is 1. The van der Waals surface area contributed by atoms with Crippen molar-refractivity contribution >= 4 is 34.3 Å².